The number of aromatic carboxylic acids is 1. The van der Waals surface area contributed by atoms with E-state index < -0.39 is 14.0 Å². The first-order chi connectivity index (χ1) is 13.3. The van der Waals surface area contributed by atoms with E-state index in [2.05, 4.69) is 29.7 Å². The molecule has 0 bridgehead atoms. The summed E-state index contributed by atoms with van der Waals surface area (Å²) in [5.74, 6) is -1.10. The maximum Gasteiger partial charge on any atom is 0.372 e. The maximum atomic E-state index is 11.6. The third kappa shape index (κ3) is 5.40. The number of benzene rings is 1. The summed E-state index contributed by atoms with van der Waals surface area (Å²) < 4.78 is 9.05. The first kappa shape index (κ1) is 20.0. The second-order valence-corrected chi connectivity index (χ2v) is 13.6. The number of rotatable bonds is 9. The molecule has 1 N–H and O–H groups in total. The maximum absolute atomic E-state index is 11.6. The standard InChI is InChI=1S/C20H26N4O3Si/c1-28(2,3)10-9-27-15-23-14-18(22-19(23)20(25)26)17-11-21-24(13-17)12-16-7-5-4-6-8-16/h4-8,11,13-14H,9-10,12,15H2,1-3H3,(H,25,26). The smallest absolute Gasteiger partial charge is 0.372 e. The molecule has 0 unspecified atom stereocenters. The molecular weight excluding hydrogens is 372 g/mol. The van der Waals surface area contributed by atoms with E-state index in [1.807, 2.05) is 41.2 Å². The summed E-state index contributed by atoms with van der Waals surface area (Å²) in [6, 6.07) is 11.1. The number of aromatic nitrogens is 4. The molecule has 0 spiro atoms. The third-order valence-corrected chi connectivity index (χ3v) is 6.02. The zero-order chi connectivity index (χ0) is 20.1. The van der Waals surface area contributed by atoms with Crippen molar-refractivity contribution in [3.05, 3.63) is 60.3 Å². The van der Waals surface area contributed by atoms with Crippen LogP contribution in [0.2, 0.25) is 25.7 Å². The summed E-state index contributed by atoms with van der Waals surface area (Å²) in [6.45, 7) is 8.28. The average Bonchev–Trinajstić information content (AvgIpc) is 3.26. The van der Waals surface area contributed by atoms with E-state index in [0.29, 0.717) is 18.8 Å². The molecule has 2 heterocycles. The molecule has 0 aliphatic heterocycles. The number of hydrogen-bond donors (Lipinski definition) is 1. The Morgan fingerprint density at radius 1 is 1.18 bits per heavy atom. The molecule has 3 aromatic rings. The van der Waals surface area contributed by atoms with Crippen molar-refractivity contribution in [2.24, 2.45) is 0 Å². The van der Waals surface area contributed by atoms with Crippen LogP contribution in [0.1, 0.15) is 16.2 Å². The fourth-order valence-corrected chi connectivity index (χ4v) is 3.47. The summed E-state index contributed by atoms with van der Waals surface area (Å²) in [5.41, 5.74) is 2.49. The number of imidazole rings is 1. The molecule has 148 valence electrons. The Bertz CT molecular complexity index is 929. The largest absolute Gasteiger partial charge is 0.475 e. The molecule has 7 nitrogen and oxygen atoms in total. The second-order valence-electron chi connectivity index (χ2n) is 7.98. The first-order valence-electron chi connectivity index (χ1n) is 9.27. The lowest BCUT2D eigenvalue weighted by Crippen LogP contribution is -2.22. The molecule has 28 heavy (non-hydrogen) atoms. The SMILES string of the molecule is C[Si](C)(C)CCOCn1cc(-c2cnn(Cc3ccccc3)c2)nc1C(=O)O. The monoisotopic (exact) mass is 398 g/mol. The number of carboxylic acid groups (broad SMARTS) is 1. The number of carboxylic acids is 1. The minimum absolute atomic E-state index is 0.0289. The van der Waals surface area contributed by atoms with Crippen LogP contribution in [0.15, 0.2) is 48.9 Å². The van der Waals surface area contributed by atoms with Gasteiger partial charge in [0, 0.05) is 32.6 Å². The fraction of sp³-hybridized carbons (Fsp3) is 0.350. The van der Waals surface area contributed by atoms with Crippen LogP contribution in [0.25, 0.3) is 11.3 Å². The summed E-state index contributed by atoms with van der Waals surface area (Å²) in [4.78, 5) is 15.8. The van der Waals surface area contributed by atoms with Crippen molar-refractivity contribution in [2.75, 3.05) is 6.61 Å². The van der Waals surface area contributed by atoms with Crippen molar-refractivity contribution in [3.8, 4) is 11.3 Å². The van der Waals surface area contributed by atoms with Crippen molar-refractivity contribution >= 4 is 14.0 Å². The van der Waals surface area contributed by atoms with Crippen LogP contribution in [-0.2, 0) is 18.0 Å². The van der Waals surface area contributed by atoms with Crippen LogP contribution in [0.4, 0.5) is 0 Å². The highest BCUT2D eigenvalue weighted by molar-refractivity contribution is 6.76. The lowest BCUT2D eigenvalue weighted by molar-refractivity contribution is 0.0613. The van der Waals surface area contributed by atoms with Gasteiger partial charge in [0.2, 0.25) is 5.82 Å². The van der Waals surface area contributed by atoms with Crippen LogP contribution in [0, 0.1) is 0 Å². The summed E-state index contributed by atoms with van der Waals surface area (Å²) in [6.07, 6.45) is 5.28. The molecule has 8 heteroatoms. The number of carbonyl (C=O) groups is 1. The lowest BCUT2D eigenvalue weighted by Gasteiger charge is -2.15. The predicted molar refractivity (Wildman–Crippen MR) is 110 cm³/mol. The van der Waals surface area contributed by atoms with E-state index in [9.17, 15) is 9.90 Å². The average molecular weight is 399 g/mol. The Hall–Kier alpha value is -2.71. The molecular formula is C20H26N4O3Si. The van der Waals surface area contributed by atoms with Gasteiger partial charge in [-0.05, 0) is 11.6 Å². The quantitative estimate of drug-likeness (QED) is 0.438. The molecule has 0 saturated carbocycles. The van der Waals surface area contributed by atoms with Crippen molar-refractivity contribution in [2.45, 2.75) is 39.0 Å². The van der Waals surface area contributed by atoms with Crippen LogP contribution in [0.3, 0.4) is 0 Å². The minimum atomic E-state index is -1.19. The van der Waals surface area contributed by atoms with Gasteiger partial charge in [-0.2, -0.15) is 5.10 Å². The van der Waals surface area contributed by atoms with Gasteiger partial charge in [0.25, 0.3) is 0 Å². The Balaban J connectivity index is 1.71. The van der Waals surface area contributed by atoms with Crippen LogP contribution in [-0.4, -0.2) is 45.1 Å². The predicted octanol–water partition coefficient (Wildman–Crippen LogP) is 3.81. The van der Waals surface area contributed by atoms with E-state index in [1.54, 1.807) is 12.4 Å². The van der Waals surface area contributed by atoms with E-state index in [1.165, 1.54) is 4.57 Å². The molecule has 0 atom stereocenters. The van der Waals surface area contributed by atoms with Gasteiger partial charge >= 0.3 is 5.97 Å². The van der Waals surface area contributed by atoms with Crippen LogP contribution in [0.5, 0.6) is 0 Å². The van der Waals surface area contributed by atoms with E-state index in [-0.39, 0.29) is 12.6 Å². The molecule has 3 rings (SSSR count). The van der Waals surface area contributed by atoms with Crippen molar-refractivity contribution in [1.82, 2.24) is 19.3 Å². The second kappa shape index (κ2) is 8.53. The highest BCUT2D eigenvalue weighted by Crippen LogP contribution is 2.19. The summed E-state index contributed by atoms with van der Waals surface area (Å²) in [7, 11) is -1.19. The lowest BCUT2D eigenvalue weighted by atomic mass is 10.2. The zero-order valence-corrected chi connectivity index (χ0v) is 17.5. The van der Waals surface area contributed by atoms with Gasteiger partial charge in [0.1, 0.15) is 6.73 Å². The third-order valence-electron chi connectivity index (χ3n) is 4.31. The topological polar surface area (TPSA) is 82.2 Å². The van der Waals surface area contributed by atoms with Gasteiger partial charge in [0.05, 0.1) is 18.4 Å². The minimum Gasteiger partial charge on any atom is -0.475 e. The fourth-order valence-electron chi connectivity index (χ4n) is 2.72. The Morgan fingerprint density at radius 3 is 2.61 bits per heavy atom. The molecule has 0 aliphatic rings. The van der Waals surface area contributed by atoms with Gasteiger partial charge in [0.15, 0.2) is 0 Å². The Labute approximate surface area is 165 Å². The molecule has 2 aromatic heterocycles. The van der Waals surface area contributed by atoms with Gasteiger partial charge in [-0.1, -0.05) is 50.0 Å². The molecule has 1 aromatic carbocycles. The summed E-state index contributed by atoms with van der Waals surface area (Å²) in [5, 5.41) is 13.8. The number of hydrogen-bond acceptors (Lipinski definition) is 4. The highest BCUT2D eigenvalue weighted by Gasteiger charge is 2.17. The Morgan fingerprint density at radius 2 is 1.93 bits per heavy atom. The molecule has 0 radical (unpaired) electrons. The zero-order valence-electron chi connectivity index (χ0n) is 16.5. The molecule has 0 saturated heterocycles. The highest BCUT2D eigenvalue weighted by atomic mass is 28.3. The Kier molecular flexibility index (Phi) is 6.10. The van der Waals surface area contributed by atoms with Crippen molar-refractivity contribution < 1.29 is 14.6 Å². The van der Waals surface area contributed by atoms with E-state index in [4.69, 9.17) is 4.74 Å². The number of nitrogens with zero attached hydrogens (tertiary/aromatic N) is 4. The normalized spacial score (nSPS) is 11.7. The molecule has 0 aliphatic carbocycles. The van der Waals surface area contributed by atoms with Crippen molar-refractivity contribution in [3.63, 3.8) is 0 Å². The molecule has 0 amide bonds. The van der Waals surface area contributed by atoms with Crippen LogP contribution >= 0.6 is 0 Å². The number of ether oxygens (including phenoxy) is 1. The van der Waals surface area contributed by atoms with E-state index >= 15 is 0 Å². The van der Waals surface area contributed by atoms with Crippen LogP contribution < -0.4 is 0 Å². The van der Waals surface area contributed by atoms with Gasteiger partial charge < -0.3 is 14.4 Å². The summed E-state index contributed by atoms with van der Waals surface area (Å²) >= 11 is 0. The first-order valence-corrected chi connectivity index (χ1v) is 13.0. The van der Waals surface area contributed by atoms with Gasteiger partial charge in [-0.15, -0.1) is 0 Å². The molecule has 0 fully saturated rings. The van der Waals surface area contributed by atoms with Gasteiger partial charge in [-0.3, -0.25) is 4.68 Å². The van der Waals surface area contributed by atoms with Crippen molar-refractivity contribution in [1.29, 1.82) is 0 Å². The van der Waals surface area contributed by atoms with Gasteiger partial charge in [-0.25, -0.2) is 9.78 Å². The van der Waals surface area contributed by atoms with E-state index in [0.717, 1.165) is 17.2 Å².